The lowest BCUT2D eigenvalue weighted by Crippen LogP contribution is -2.52. The van der Waals surface area contributed by atoms with E-state index in [4.69, 9.17) is 0 Å². The molecule has 1 unspecified atom stereocenters. The molecule has 1 atom stereocenters. The molecule has 5 rings (SSSR count). The SMILES string of the molecule is O=C1N(CN2CCCCC2)c2ccccc2C1(CN1CCCCC1)c1ccc(Br)cc1. The van der Waals surface area contributed by atoms with E-state index >= 15 is 0 Å². The molecule has 164 valence electrons. The molecule has 2 aromatic carbocycles. The van der Waals surface area contributed by atoms with Crippen LogP contribution in [0.15, 0.2) is 53.0 Å². The van der Waals surface area contributed by atoms with E-state index in [1.807, 2.05) is 0 Å². The summed E-state index contributed by atoms with van der Waals surface area (Å²) in [5, 5.41) is 0. The topological polar surface area (TPSA) is 26.8 Å². The van der Waals surface area contributed by atoms with Crippen molar-refractivity contribution in [3.63, 3.8) is 0 Å². The maximum Gasteiger partial charge on any atom is 0.244 e. The van der Waals surface area contributed by atoms with Crippen LogP contribution in [-0.4, -0.2) is 55.1 Å². The van der Waals surface area contributed by atoms with Gasteiger partial charge in [-0.25, -0.2) is 0 Å². The minimum atomic E-state index is -0.635. The van der Waals surface area contributed by atoms with E-state index < -0.39 is 5.41 Å². The number of fused-ring (bicyclic) bond motifs is 1. The first-order valence-electron chi connectivity index (χ1n) is 11.8. The smallest absolute Gasteiger partial charge is 0.244 e. The maximum atomic E-state index is 14.4. The quantitative estimate of drug-likeness (QED) is 0.600. The zero-order chi connectivity index (χ0) is 21.3. The molecular weight excluding hydrogens is 450 g/mol. The Morgan fingerprint density at radius 2 is 1.39 bits per heavy atom. The maximum absolute atomic E-state index is 14.4. The molecule has 2 fully saturated rings. The van der Waals surface area contributed by atoms with E-state index in [1.54, 1.807) is 0 Å². The normalized spacial score (nSPS) is 25.1. The molecule has 3 heterocycles. The van der Waals surface area contributed by atoms with Crippen molar-refractivity contribution in [2.24, 2.45) is 0 Å². The van der Waals surface area contributed by atoms with Crippen molar-refractivity contribution in [2.45, 2.75) is 43.9 Å². The van der Waals surface area contributed by atoms with Crippen molar-refractivity contribution < 1.29 is 4.79 Å². The van der Waals surface area contributed by atoms with E-state index in [1.165, 1.54) is 44.1 Å². The van der Waals surface area contributed by atoms with Gasteiger partial charge in [-0.05, 0) is 81.2 Å². The van der Waals surface area contributed by atoms with Crippen LogP contribution in [0.25, 0.3) is 0 Å². The third-order valence-electron chi connectivity index (χ3n) is 7.30. The van der Waals surface area contributed by atoms with E-state index in [0.29, 0.717) is 6.67 Å². The number of halogens is 1. The number of nitrogens with zero attached hydrogens (tertiary/aromatic N) is 3. The number of carbonyl (C=O) groups is 1. The van der Waals surface area contributed by atoms with Crippen molar-refractivity contribution in [3.8, 4) is 0 Å². The molecule has 3 aliphatic heterocycles. The summed E-state index contributed by atoms with van der Waals surface area (Å²) in [5.41, 5.74) is 2.74. The van der Waals surface area contributed by atoms with Crippen LogP contribution in [0.5, 0.6) is 0 Å². The van der Waals surface area contributed by atoms with Gasteiger partial charge in [0.2, 0.25) is 5.91 Å². The molecule has 0 radical (unpaired) electrons. The highest BCUT2D eigenvalue weighted by molar-refractivity contribution is 9.10. The van der Waals surface area contributed by atoms with Crippen LogP contribution >= 0.6 is 15.9 Å². The summed E-state index contributed by atoms with van der Waals surface area (Å²) in [4.78, 5) is 21.4. The molecule has 0 spiro atoms. The minimum Gasteiger partial charge on any atom is -0.302 e. The molecule has 0 aromatic heterocycles. The van der Waals surface area contributed by atoms with Gasteiger partial charge in [-0.3, -0.25) is 14.6 Å². The predicted molar refractivity (Wildman–Crippen MR) is 129 cm³/mol. The molecule has 3 aliphatic rings. The molecule has 1 amide bonds. The van der Waals surface area contributed by atoms with Gasteiger partial charge in [-0.2, -0.15) is 0 Å². The van der Waals surface area contributed by atoms with E-state index in [0.717, 1.165) is 48.4 Å². The van der Waals surface area contributed by atoms with E-state index in [9.17, 15) is 4.79 Å². The van der Waals surface area contributed by atoms with Crippen molar-refractivity contribution >= 4 is 27.5 Å². The van der Waals surface area contributed by atoms with Gasteiger partial charge in [0.25, 0.3) is 0 Å². The monoisotopic (exact) mass is 481 g/mol. The standard InChI is InChI=1S/C26H32BrN3O/c27-22-13-11-21(12-14-22)26(19-28-15-5-1-6-16-28)23-9-3-4-10-24(23)30(25(26)31)20-29-17-7-2-8-18-29/h3-4,9-14H,1-2,5-8,15-20H2. The number of rotatable bonds is 5. The number of para-hydroxylation sites is 1. The van der Waals surface area contributed by atoms with Crippen molar-refractivity contribution in [1.82, 2.24) is 9.80 Å². The Morgan fingerprint density at radius 1 is 0.774 bits per heavy atom. The van der Waals surface area contributed by atoms with E-state index in [-0.39, 0.29) is 5.91 Å². The summed E-state index contributed by atoms with van der Waals surface area (Å²) in [7, 11) is 0. The number of benzene rings is 2. The Bertz CT molecular complexity index is 919. The Labute approximate surface area is 194 Å². The number of likely N-dealkylation sites (tertiary alicyclic amines) is 2. The Hall–Kier alpha value is -1.69. The molecule has 0 N–H and O–H groups in total. The molecule has 2 saturated heterocycles. The highest BCUT2D eigenvalue weighted by Gasteiger charge is 2.53. The van der Waals surface area contributed by atoms with Crippen LogP contribution in [0.1, 0.15) is 49.7 Å². The first-order chi connectivity index (χ1) is 15.2. The largest absolute Gasteiger partial charge is 0.302 e. The van der Waals surface area contributed by atoms with Gasteiger partial charge in [-0.1, -0.05) is 59.1 Å². The third-order valence-corrected chi connectivity index (χ3v) is 7.83. The Kier molecular flexibility index (Phi) is 6.18. The van der Waals surface area contributed by atoms with E-state index in [2.05, 4.69) is 79.2 Å². The fraction of sp³-hybridized carbons (Fsp3) is 0.500. The number of piperidine rings is 2. The number of anilines is 1. The second-order valence-electron chi connectivity index (χ2n) is 9.32. The molecule has 0 aliphatic carbocycles. The lowest BCUT2D eigenvalue weighted by Gasteiger charge is -2.37. The zero-order valence-corrected chi connectivity index (χ0v) is 19.8. The minimum absolute atomic E-state index is 0.243. The number of carbonyl (C=O) groups excluding carboxylic acids is 1. The van der Waals surface area contributed by atoms with Crippen LogP contribution in [0, 0.1) is 0 Å². The first-order valence-corrected chi connectivity index (χ1v) is 12.6. The molecule has 0 saturated carbocycles. The van der Waals surface area contributed by atoms with Gasteiger partial charge >= 0.3 is 0 Å². The summed E-state index contributed by atoms with van der Waals surface area (Å²) < 4.78 is 1.05. The number of amides is 1. The van der Waals surface area contributed by atoms with Gasteiger partial charge in [0, 0.05) is 16.7 Å². The van der Waals surface area contributed by atoms with Crippen molar-refractivity contribution in [1.29, 1.82) is 0 Å². The molecular formula is C26H32BrN3O. The van der Waals surface area contributed by atoms with Gasteiger partial charge in [0.1, 0.15) is 5.41 Å². The Balaban J connectivity index is 1.58. The summed E-state index contributed by atoms with van der Waals surface area (Å²) in [6, 6.07) is 17.0. The lowest BCUT2D eigenvalue weighted by atomic mass is 9.74. The molecule has 4 nitrogen and oxygen atoms in total. The Morgan fingerprint density at radius 3 is 2.06 bits per heavy atom. The average Bonchev–Trinajstić information content (AvgIpc) is 3.04. The van der Waals surface area contributed by atoms with Crippen molar-refractivity contribution in [3.05, 3.63) is 64.1 Å². The zero-order valence-electron chi connectivity index (χ0n) is 18.2. The second kappa shape index (κ2) is 9.05. The fourth-order valence-corrected chi connectivity index (χ4v) is 5.94. The number of hydrogen-bond acceptors (Lipinski definition) is 3. The number of hydrogen-bond donors (Lipinski definition) is 0. The fourth-order valence-electron chi connectivity index (χ4n) is 5.68. The summed E-state index contributed by atoms with van der Waals surface area (Å²) in [6.07, 6.45) is 7.52. The van der Waals surface area contributed by atoms with Gasteiger partial charge < -0.3 is 4.90 Å². The van der Waals surface area contributed by atoms with Gasteiger partial charge in [0.15, 0.2) is 0 Å². The predicted octanol–water partition coefficient (Wildman–Crippen LogP) is 5.01. The van der Waals surface area contributed by atoms with Crippen LogP contribution in [0.4, 0.5) is 5.69 Å². The van der Waals surface area contributed by atoms with Gasteiger partial charge in [0.05, 0.1) is 6.67 Å². The first kappa shape index (κ1) is 21.2. The van der Waals surface area contributed by atoms with Crippen LogP contribution < -0.4 is 4.90 Å². The highest BCUT2D eigenvalue weighted by atomic mass is 79.9. The summed E-state index contributed by atoms with van der Waals surface area (Å²) in [6.45, 7) is 5.81. The van der Waals surface area contributed by atoms with Crippen LogP contribution in [0.3, 0.4) is 0 Å². The summed E-state index contributed by atoms with van der Waals surface area (Å²) >= 11 is 3.58. The molecule has 0 bridgehead atoms. The summed E-state index contributed by atoms with van der Waals surface area (Å²) in [5.74, 6) is 0.243. The molecule has 2 aromatic rings. The second-order valence-corrected chi connectivity index (χ2v) is 10.2. The van der Waals surface area contributed by atoms with Crippen LogP contribution in [0.2, 0.25) is 0 Å². The lowest BCUT2D eigenvalue weighted by molar-refractivity contribution is -0.123. The highest BCUT2D eigenvalue weighted by Crippen LogP contribution is 2.47. The van der Waals surface area contributed by atoms with Crippen LogP contribution in [-0.2, 0) is 10.2 Å². The average molecular weight is 482 g/mol. The molecule has 5 heteroatoms. The van der Waals surface area contributed by atoms with Gasteiger partial charge in [-0.15, -0.1) is 0 Å². The third kappa shape index (κ3) is 3.96. The van der Waals surface area contributed by atoms with Crippen molar-refractivity contribution in [2.75, 3.05) is 44.3 Å². The molecule has 31 heavy (non-hydrogen) atoms.